The number of hydrogen-bond donors (Lipinski definition) is 0. The van der Waals surface area contributed by atoms with Crippen molar-refractivity contribution in [1.82, 2.24) is 24.4 Å². The average molecular weight is 298 g/mol. The van der Waals surface area contributed by atoms with Crippen molar-refractivity contribution >= 4 is 5.95 Å². The van der Waals surface area contributed by atoms with Crippen molar-refractivity contribution in [1.29, 1.82) is 0 Å². The van der Waals surface area contributed by atoms with Gasteiger partial charge in [-0.25, -0.2) is 15.0 Å². The Morgan fingerprint density at radius 3 is 2.64 bits per heavy atom. The SMILES string of the molecule is Cn1ccnc1CN1C[C@@H]2CCN(c3ncccn3)C[C@@H]2C1. The van der Waals surface area contributed by atoms with Gasteiger partial charge in [-0.1, -0.05) is 0 Å². The fourth-order valence-corrected chi connectivity index (χ4v) is 3.78. The number of aryl methyl sites for hydroxylation is 1. The normalized spacial score (nSPS) is 25.4. The Hall–Kier alpha value is -1.95. The molecule has 4 rings (SSSR count). The molecule has 0 aliphatic carbocycles. The number of hydrogen-bond acceptors (Lipinski definition) is 5. The van der Waals surface area contributed by atoms with Crippen LogP contribution in [0.25, 0.3) is 0 Å². The first kappa shape index (κ1) is 13.7. The van der Waals surface area contributed by atoms with Crippen LogP contribution in [0.2, 0.25) is 0 Å². The van der Waals surface area contributed by atoms with Crippen LogP contribution >= 0.6 is 0 Å². The second-order valence-corrected chi connectivity index (χ2v) is 6.45. The molecular weight excluding hydrogens is 276 g/mol. The molecule has 22 heavy (non-hydrogen) atoms. The van der Waals surface area contributed by atoms with Crippen LogP contribution in [0.5, 0.6) is 0 Å². The number of aromatic nitrogens is 4. The zero-order chi connectivity index (χ0) is 14.9. The van der Waals surface area contributed by atoms with E-state index in [9.17, 15) is 0 Å². The van der Waals surface area contributed by atoms with Crippen LogP contribution in [-0.4, -0.2) is 50.6 Å². The third kappa shape index (κ3) is 2.59. The number of likely N-dealkylation sites (tertiary alicyclic amines) is 1. The van der Waals surface area contributed by atoms with Gasteiger partial charge in [0.1, 0.15) is 5.82 Å². The molecule has 6 nitrogen and oxygen atoms in total. The van der Waals surface area contributed by atoms with E-state index in [1.165, 1.54) is 13.0 Å². The average Bonchev–Trinajstić information content (AvgIpc) is 3.14. The van der Waals surface area contributed by atoms with Crippen molar-refractivity contribution in [3.05, 3.63) is 36.7 Å². The minimum Gasteiger partial charge on any atom is -0.340 e. The zero-order valence-corrected chi connectivity index (χ0v) is 13.0. The van der Waals surface area contributed by atoms with Gasteiger partial charge in [0.05, 0.1) is 6.54 Å². The molecule has 6 heteroatoms. The summed E-state index contributed by atoms with van der Waals surface area (Å²) in [5, 5.41) is 0. The van der Waals surface area contributed by atoms with Crippen LogP contribution in [-0.2, 0) is 13.6 Å². The smallest absolute Gasteiger partial charge is 0.225 e. The molecular formula is C16H22N6. The van der Waals surface area contributed by atoms with E-state index in [0.29, 0.717) is 0 Å². The first-order chi connectivity index (χ1) is 10.8. The molecule has 0 radical (unpaired) electrons. The molecule has 2 aliphatic heterocycles. The molecule has 4 heterocycles. The van der Waals surface area contributed by atoms with Gasteiger partial charge in [-0.15, -0.1) is 0 Å². The molecule has 0 aromatic carbocycles. The van der Waals surface area contributed by atoms with Gasteiger partial charge in [0.15, 0.2) is 0 Å². The van der Waals surface area contributed by atoms with Gasteiger partial charge in [0.2, 0.25) is 5.95 Å². The summed E-state index contributed by atoms with van der Waals surface area (Å²) in [7, 11) is 2.07. The summed E-state index contributed by atoms with van der Waals surface area (Å²) in [4.78, 5) is 18.1. The van der Waals surface area contributed by atoms with Crippen LogP contribution in [0.15, 0.2) is 30.9 Å². The van der Waals surface area contributed by atoms with Crippen LogP contribution < -0.4 is 4.90 Å². The predicted octanol–water partition coefficient (Wildman–Crippen LogP) is 1.17. The molecule has 2 atom stereocenters. The second kappa shape index (κ2) is 5.68. The molecule has 2 aromatic rings. The van der Waals surface area contributed by atoms with Crippen molar-refractivity contribution < 1.29 is 0 Å². The van der Waals surface area contributed by atoms with Crippen molar-refractivity contribution in [2.45, 2.75) is 13.0 Å². The van der Waals surface area contributed by atoms with Crippen LogP contribution in [0, 0.1) is 11.8 Å². The summed E-state index contributed by atoms with van der Waals surface area (Å²) in [6.45, 7) is 5.45. The Morgan fingerprint density at radius 2 is 1.86 bits per heavy atom. The van der Waals surface area contributed by atoms with Crippen LogP contribution in [0.3, 0.4) is 0 Å². The fourth-order valence-electron chi connectivity index (χ4n) is 3.78. The number of nitrogens with zero attached hydrogens (tertiary/aromatic N) is 6. The fraction of sp³-hybridized carbons (Fsp3) is 0.562. The maximum absolute atomic E-state index is 4.45. The van der Waals surface area contributed by atoms with Gasteiger partial charge in [0, 0.05) is 58.0 Å². The van der Waals surface area contributed by atoms with E-state index in [2.05, 4.69) is 36.4 Å². The summed E-state index contributed by atoms with van der Waals surface area (Å²) in [6, 6.07) is 1.88. The summed E-state index contributed by atoms with van der Waals surface area (Å²) in [5.74, 6) is 3.56. The van der Waals surface area contributed by atoms with Crippen molar-refractivity contribution in [3.8, 4) is 0 Å². The van der Waals surface area contributed by atoms with E-state index in [-0.39, 0.29) is 0 Å². The largest absolute Gasteiger partial charge is 0.340 e. The van der Waals surface area contributed by atoms with E-state index >= 15 is 0 Å². The maximum Gasteiger partial charge on any atom is 0.225 e. The highest BCUT2D eigenvalue weighted by Crippen LogP contribution is 2.32. The first-order valence-corrected chi connectivity index (χ1v) is 8.00. The molecule has 116 valence electrons. The lowest BCUT2D eigenvalue weighted by atomic mass is 9.89. The van der Waals surface area contributed by atoms with Gasteiger partial charge in [-0.3, -0.25) is 4.90 Å². The molecule has 2 fully saturated rings. The standard InChI is InChI=1S/C16H22N6/c1-20-8-6-17-15(20)12-21-9-13-3-7-22(11-14(13)10-21)16-18-4-2-5-19-16/h2,4-6,8,13-14H,3,7,9-12H2,1H3/t13-,14-/m0/s1. The monoisotopic (exact) mass is 298 g/mol. The van der Waals surface area contributed by atoms with Gasteiger partial charge in [-0.2, -0.15) is 0 Å². The molecule has 2 saturated heterocycles. The van der Waals surface area contributed by atoms with Gasteiger partial charge < -0.3 is 9.47 Å². The lowest BCUT2D eigenvalue weighted by Gasteiger charge is -2.34. The number of fused-ring (bicyclic) bond motifs is 1. The summed E-state index contributed by atoms with van der Waals surface area (Å²) in [6.07, 6.45) is 8.80. The Morgan fingerprint density at radius 1 is 1.05 bits per heavy atom. The van der Waals surface area contributed by atoms with E-state index in [1.54, 1.807) is 0 Å². The third-order valence-corrected chi connectivity index (χ3v) is 5.00. The lowest BCUT2D eigenvalue weighted by Crippen LogP contribution is -2.40. The summed E-state index contributed by atoms with van der Waals surface area (Å²) >= 11 is 0. The molecule has 0 unspecified atom stereocenters. The molecule has 0 N–H and O–H groups in total. The number of rotatable bonds is 3. The molecule has 0 spiro atoms. The number of piperidine rings is 1. The predicted molar refractivity (Wildman–Crippen MR) is 84.3 cm³/mol. The molecule has 0 amide bonds. The Balaban J connectivity index is 1.41. The van der Waals surface area contributed by atoms with Gasteiger partial charge >= 0.3 is 0 Å². The van der Waals surface area contributed by atoms with Crippen molar-refractivity contribution in [2.75, 3.05) is 31.1 Å². The summed E-state index contributed by atoms with van der Waals surface area (Å²) in [5.41, 5.74) is 0. The minimum atomic E-state index is 0.720. The van der Waals surface area contributed by atoms with Gasteiger partial charge in [0.25, 0.3) is 0 Å². The van der Waals surface area contributed by atoms with Crippen molar-refractivity contribution in [2.24, 2.45) is 18.9 Å². The zero-order valence-electron chi connectivity index (χ0n) is 13.0. The van der Waals surface area contributed by atoms with Crippen molar-refractivity contribution in [3.63, 3.8) is 0 Å². The third-order valence-electron chi connectivity index (χ3n) is 5.00. The Bertz CT molecular complexity index is 625. The quantitative estimate of drug-likeness (QED) is 0.851. The minimum absolute atomic E-state index is 0.720. The van der Waals surface area contributed by atoms with Crippen LogP contribution in [0.4, 0.5) is 5.95 Å². The molecule has 0 bridgehead atoms. The lowest BCUT2D eigenvalue weighted by molar-refractivity contribution is 0.302. The number of imidazole rings is 1. The topological polar surface area (TPSA) is 50.1 Å². The summed E-state index contributed by atoms with van der Waals surface area (Å²) < 4.78 is 2.12. The van der Waals surface area contributed by atoms with E-state index < -0.39 is 0 Å². The van der Waals surface area contributed by atoms with E-state index in [4.69, 9.17) is 0 Å². The highest BCUT2D eigenvalue weighted by molar-refractivity contribution is 5.29. The Labute approximate surface area is 130 Å². The molecule has 0 saturated carbocycles. The first-order valence-electron chi connectivity index (χ1n) is 8.00. The van der Waals surface area contributed by atoms with E-state index in [1.807, 2.05) is 30.9 Å². The van der Waals surface area contributed by atoms with E-state index in [0.717, 1.165) is 49.8 Å². The highest BCUT2D eigenvalue weighted by Gasteiger charge is 2.37. The molecule has 2 aromatic heterocycles. The van der Waals surface area contributed by atoms with Gasteiger partial charge in [-0.05, 0) is 24.3 Å². The second-order valence-electron chi connectivity index (χ2n) is 6.45. The Kier molecular flexibility index (Phi) is 3.54. The highest BCUT2D eigenvalue weighted by atomic mass is 15.3. The van der Waals surface area contributed by atoms with Crippen LogP contribution in [0.1, 0.15) is 12.2 Å². The maximum atomic E-state index is 4.45. The molecule has 2 aliphatic rings. The number of anilines is 1.